The van der Waals surface area contributed by atoms with E-state index in [4.69, 9.17) is 27.9 Å². The van der Waals surface area contributed by atoms with Crippen molar-refractivity contribution >= 4 is 23.2 Å². The average molecular weight is 311 g/mol. The van der Waals surface area contributed by atoms with Gasteiger partial charge in [-0.15, -0.1) is 0 Å². The van der Waals surface area contributed by atoms with Crippen molar-refractivity contribution in [2.24, 2.45) is 0 Å². The van der Waals surface area contributed by atoms with E-state index in [0.717, 1.165) is 11.1 Å². The zero-order chi connectivity index (χ0) is 14.5. The number of rotatable bonds is 5. The van der Waals surface area contributed by atoms with Crippen LogP contribution in [0.1, 0.15) is 24.2 Å². The number of hydrogen-bond acceptors (Lipinski definition) is 2. The zero-order valence-electron chi connectivity index (χ0n) is 11.1. The van der Waals surface area contributed by atoms with Gasteiger partial charge >= 0.3 is 0 Å². The van der Waals surface area contributed by atoms with Gasteiger partial charge in [0.25, 0.3) is 0 Å². The minimum Gasteiger partial charge on any atom is -0.493 e. The Morgan fingerprint density at radius 3 is 2.60 bits per heavy atom. The van der Waals surface area contributed by atoms with Crippen molar-refractivity contribution in [1.29, 1.82) is 0 Å². The molecule has 0 bridgehead atoms. The summed E-state index contributed by atoms with van der Waals surface area (Å²) in [5.41, 5.74) is 1.62. The normalized spacial score (nSPS) is 12.2. The predicted molar refractivity (Wildman–Crippen MR) is 82.7 cm³/mol. The summed E-state index contributed by atoms with van der Waals surface area (Å²) in [6.45, 7) is 2.48. The lowest BCUT2D eigenvalue weighted by Gasteiger charge is -2.16. The Balaban J connectivity index is 2.21. The third kappa shape index (κ3) is 3.66. The quantitative estimate of drug-likeness (QED) is 0.869. The summed E-state index contributed by atoms with van der Waals surface area (Å²) in [6, 6.07) is 12.8. The lowest BCUT2D eigenvalue weighted by atomic mass is 10.0. The van der Waals surface area contributed by atoms with Crippen LogP contribution in [0, 0.1) is 0 Å². The predicted octanol–water partition coefficient (Wildman–Crippen LogP) is 4.67. The van der Waals surface area contributed by atoms with E-state index in [-0.39, 0.29) is 0 Å². The number of halogens is 2. The molecular weight excluding hydrogens is 295 g/mol. The standard InChI is InChI=1S/C16H16Cl2O2/c1-2-20-16-6-4-3-5-13(16)15(19)9-11-7-8-12(17)10-14(11)18/h3-8,10,15,19H,2,9H2,1H3. The van der Waals surface area contributed by atoms with Gasteiger partial charge in [-0.25, -0.2) is 0 Å². The molecule has 2 rings (SSSR count). The van der Waals surface area contributed by atoms with Gasteiger partial charge < -0.3 is 9.84 Å². The molecule has 1 unspecified atom stereocenters. The molecule has 20 heavy (non-hydrogen) atoms. The van der Waals surface area contributed by atoms with Crippen molar-refractivity contribution < 1.29 is 9.84 Å². The van der Waals surface area contributed by atoms with Crippen molar-refractivity contribution in [1.82, 2.24) is 0 Å². The highest BCUT2D eigenvalue weighted by molar-refractivity contribution is 6.35. The minimum absolute atomic E-state index is 0.417. The topological polar surface area (TPSA) is 29.5 Å². The Morgan fingerprint density at radius 1 is 1.15 bits per heavy atom. The highest BCUT2D eigenvalue weighted by atomic mass is 35.5. The van der Waals surface area contributed by atoms with Gasteiger partial charge in [-0.3, -0.25) is 0 Å². The SMILES string of the molecule is CCOc1ccccc1C(O)Cc1ccc(Cl)cc1Cl. The maximum Gasteiger partial charge on any atom is 0.125 e. The maximum atomic E-state index is 10.4. The van der Waals surface area contributed by atoms with Gasteiger partial charge in [0, 0.05) is 22.0 Å². The molecule has 0 aliphatic carbocycles. The largest absolute Gasteiger partial charge is 0.493 e. The highest BCUT2D eigenvalue weighted by Gasteiger charge is 2.15. The van der Waals surface area contributed by atoms with Gasteiger partial charge in [-0.05, 0) is 30.7 Å². The van der Waals surface area contributed by atoms with Crippen LogP contribution in [-0.4, -0.2) is 11.7 Å². The van der Waals surface area contributed by atoms with E-state index in [1.54, 1.807) is 12.1 Å². The summed E-state index contributed by atoms with van der Waals surface area (Å²) in [5.74, 6) is 0.701. The minimum atomic E-state index is -0.670. The number of aliphatic hydroxyl groups excluding tert-OH is 1. The summed E-state index contributed by atoms with van der Waals surface area (Å²) in [7, 11) is 0. The molecule has 0 amide bonds. The van der Waals surface area contributed by atoms with Gasteiger partial charge in [0.05, 0.1) is 12.7 Å². The number of ether oxygens (including phenoxy) is 1. The van der Waals surface area contributed by atoms with E-state index < -0.39 is 6.10 Å². The molecule has 0 heterocycles. The number of aliphatic hydroxyl groups is 1. The second kappa shape index (κ2) is 6.98. The van der Waals surface area contributed by atoms with E-state index in [9.17, 15) is 5.11 Å². The lowest BCUT2D eigenvalue weighted by Crippen LogP contribution is -2.05. The molecule has 0 aliphatic rings. The third-order valence-corrected chi connectivity index (χ3v) is 3.59. The fourth-order valence-corrected chi connectivity index (χ4v) is 2.53. The Bertz CT molecular complexity index is 584. The number of para-hydroxylation sites is 1. The van der Waals surface area contributed by atoms with Crippen molar-refractivity contribution in [3.63, 3.8) is 0 Å². The number of benzene rings is 2. The Kier molecular flexibility index (Phi) is 5.30. The molecule has 2 aromatic carbocycles. The summed E-state index contributed by atoms with van der Waals surface area (Å²) in [4.78, 5) is 0. The third-order valence-electron chi connectivity index (χ3n) is 3.01. The molecule has 0 radical (unpaired) electrons. The van der Waals surface area contributed by atoms with Crippen molar-refractivity contribution in [3.05, 3.63) is 63.6 Å². The molecule has 0 aromatic heterocycles. The molecule has 0 aliphatic heterocycles. The molecule has 2 aromatic rings. The molecule has 0 saturated carbocycles. The molecular formula is C16H16Cl2O2. The molecule has 0 saturated heterocycles. The average Bonchev–Trinajstić information content (AvgIpc) is 2.43. The summed E-state index contributed by atoms with van der Waals surface area (Å²) in [6.07, 6.45) is -0.253. The first kappa shape index (κ1) is 15.2. The maximum absolute atomic E-state index is 10.4. The van der Waals surface area contributed by atoms with Crippen LogP contribution in [0.2, 0.25) is 10.0 Å². The molecule has 1 atom stereocenters. The van der Waals surface area contributed by atoms with Crippen LogP contribution in [0.4, 0.5) is 0 Å². The second-order valence-electron chi connectivity index (χ2n) is 4.43. The summed E-state index contributed by atoms with van der Waals surface area (Å²) < 4.78 is 5.53. The molecule has 1 N–H and O–H groups in total. The summed E-state index contributed by atoms with van der Waals surface area (Å²) in [5, 5.41) is 11.6. The second-order valence-corrected chi connectivity index (χ2v) is 5.27. The fourth-order valence-electron chi connectivity index (χ4n) is 2.05. The van der Waals surface area contributed by atoms with Crippen LogP contribution in [0.3, 0.4) is 0 Å². The van der Waals surface area contributed by atoms with Gasteiger partial charge in [0.1, 0.15) is 5.75 Å². The van der Waals surface area contributed by atoms with E-state index >= 15 is 0 Å². The van der Waals surface area contributed by atoms with Gasteiger partial charge in [-0.2, -0.15) is 0 Å². The molecule has 0 spiro atoms. The van der Waals surface area contributed by atoms with Crippen molar-refractivity contribution in [3.8, 4) is 5.75 Å². The van der Waals surface area contributed by atoms with Crippen LogP contribution < -0.4 is 4.74 Å². The first-order valence-corrected chi connectivity index (χ1v) is 7.21. The smallest absolute Gasteiger partial charge is 0.125 e. The van der Waals surface area contributed by atoms with Gasteiger partial charge in [0.2, 0.25) is 0 Å². The van der Waals surface area contributed by atoms with Gasteiger partial charge in [0.15, 0.2) is 0 Å². The molecule has 4 heteroatoms. The fraction of sp³-hybridized carbons (Fsp3) is 0.250. The van der Waals surface area contributed by atoms with E-state index in [2.05, 4.69) is 0 Å². The lowest BCUT2D eigenvalue weighted by molar-refractivity contribution is 0.172. The van der Waals surface area contributed by atoms with Crippen molar-refractivity contribution in [2.75, 3.05) is 6.61 Å². The number of hydrogen-bond donors (Lipinski definition) is 1. The zero-order valence-corrected chi connectivity index (χ0v) is 12.7. The van der Waals surface area contributed by atoms with E-state index in [1.165, 1.54) is 0 Å². The Labute approximate surface area is 128 Å². The molecule has 106 valence electrons. The van der Waals surface area contributed by atoms with E-state index in [0.29, 0.717) is 28.8 Å². The highest BCUT2D eigenvalue weighted by Crippen LogP contribution is 2.30. The van der Waals surface area contributed by atoms with E-state index in [1.807, 2.05) is 37.3 Å². The first-order chi connectivity index (χ1) is 9.61. The molecule has 2 nitrogen and oxygen atoms in total. The van der Waals surface area contributed by atoms with Crippen LogP contribution in [0.25, 0.3) is 0 Å². The van der Waals surface area contributed by atoms with Crippen LogP contribution in [0.5, 0.6) is 5.75 Å². The van der Waals surface area contributed by atoms with Crippen LogP contribution in [-0.2, 0) is 6.42 Å². The Morgan fingerprint density at radius 2 is 1.90 bits per heavy atom. The molecule has 0 fully saturated rings. The van der Waals surface area contributed by atoms with Crippen molar-refractivity contribution in [2.45, 2.75) is 19.4 Å². The van der Waals surface area contributed by atoms with Gasteiger partial charge in [-0.1, -0.05) is 47.5 Å². The Hall–Kier alpha value is -1.22. The summed E-state index contributed by atoms with van der Waals surface area (Å²) >= 11 is 12.0. The van der Waals surface area contributed by atoms with Crippen LogP contribution in [0.15, 0.2) is 42.5 Å². The first-order valence-electron chi connectivity index (χ1n) is 6.45. The van der Waals surface area contributed by atoms with Crippen LogP contribution >= 0.6 is 23.2 Å². The monoisotopic (exact) mass is 310 g/mol.